The van der Waals surface area contributed by atoms with Crippen LogP contribution in [0.1, 0.15) is 10.4 Å². The zero-order chi connectivity index (χ0) is 14.0. The molecule has 0 spiro atoms. The van der Waals surface area contributed by atoms with Crippen molar-refractivity contribution in [3.8, 4) is 0 Å². The molecule has 2 rings (SSSR count). The number of halogens is 2. The first-order valence-electron chi connectivity index (χ1n) is 5.40. The van der Waals surface area contributed by atoms with Gasteiger partial charge >= 0.3 is 0 Å². The summed E-state index contributed by atoms with van der Waals surface area (Å²) in [5, 5.41) is 3.45. The van der Waals surface area contributed by atoms with Gasteiger partial charge in [0.25, 0.3) is 11.5 Å². The Labute approximate surface area is 119 Å². The summed E-state index contributed by atoms with van der Waals surface area (Å²) < 4.78 is 1.38. The van der Waals surface area contributed by atoms with E-state index in [2.05, 4.69) is 5.32 Å². The third-order valence-corrected chi connectivity index (χ3v) is 3.11. The molecule has 2 aromatic rings. The van der Waals surface area contributed by atoms with Gasteiger partial charge in [0.1, 0.15) is 0 Å². The predicted molar refractivity (Wildman–Crippen MR) is 76.1 cm³/mol. The molecular formula is C13H10Cl2N2O2. The third-order valence-electron chi connectivity index (χ3n) is 2.54. The van der Waals surface area contributed by atoms with E-state index >= 15 is 0 Å². The number of aromatic nitrogens is 1. The SMILES string of the molecule is Cn1ccc(C(=O)Nc2cc(Cl)ccc2Cl)cc1=O. The number of pyridine rings is 1. The third kappa shape index (κ3) is 3.16. The van der Waals surface area contributed by atoms with Crippen molar-refractivity contribution in [2.75, 3.05) is 5.32 Å². The Kier molecular flexibility index (Phi) is 3.93. The van der Waals surface area contributed by atoms with Gasteiger partial charge in [-0.05, 0) is 24.3 Å². The number of nitrogens with one attached hydrogen (secondary N) is 1. The maximum Gasteiger partial charge on any atom is 0.255 e. The van der Waals surface area contributed by atoms with Crippen molar-refractivity contribution < 1.29 is 4.79 Å². The Bertz CT molecular complexity index is 695. The van der Waals surface area contributed by atoms with Gasteiger partial charge < -0.3 is 9.88 Å². The number of hydrogen-bond acceptors (Lipinski definition) is 2. The van der Waals surface area contributed by atoms with Gasteiger partial charge in [-0.15, -0.1) is 0 Å². The first-order chi connectivity index (χ1) is 8.97. The lowest BCUT2D eigenvalue weighted by Gasteiger charge is -2.08. The topological polar surface area (TPSA) is 51.1 Å². The summed E-state index contributed by atoms with van der Waals surface area (Å²) in [6.07, 6.45) is 1.52. The second-order valence-electron chi connectivity index (χ2n) is 3.94. The molecule has 6 heteroatoms. The molecule has 4 nitrogen and oxygen atoms in total. The Balaban J connectivity index is 2.28. The summed E-state index contributed by atoms with van der Waals surface area (Å²) in [5.41, 5.74) is 0.406. The van der Waals surface area contributed by atoms with Gasteiger partial charge in [0.15, 0.2) is 0 Å². The molecule has 1 aromatic heterocycles. The molecule has 1 heterocycles. The summed E-state index contributed by atoms with van der Waals surface area (Å²) in [7, 11) is 1.61. The number of anilines is 1. The highest BCUT2D eigenvalue weighted by molar-refractivity contribution is 6.35. The van der Waals surface area contributed by atoms with Gasteiger partial charge in [-0.25, -0.2) is 0 Å². The minimum Gasteiger partial charge on any atom is -0.321 e. The summed E-state index contributed by atoms with van der Waals surface area (Å²) in [6.45, 7) is 0. The highest BCUT2D eigenvalue weighted by Gasteiger charge is 2.09. The largest absolute Gasteiger partial charge is 0.321 e. The molecule has 98 valence electrons. The molecule has 0 aliphatic carbocycles. The molecule has 0 aliphatic heterocycles. The van der Waals surface area contributed by atoms with Crippen LogP contribution in [0.2, 0.25) is 10.0 Å². The lowest BCUT2D eigenvalue weighted by Crippen LogP contribution is -2.20. The highest BCUT2D eigenvalue weighted by atomic mass is 35.5. The minimum absolute atomic E-state index is 0.259. The van der Waals surface area contributed by atoms with Crippen LogP contribution in [0.25, 0.3) is 0 Å². The quantitative estimate of drug-likeness (QED) is 0.926. The van der Waals surface area contributed by atoms with Crippen LogP contribution in [0.4, 0.5) is 5.69 Å². The van der Waals surface area contributed by atoms with Gasteiger partial charge in [-0.3, -0.25) is 9.59 Å². The summed E-state index contributed by atoms with van der Waals surface area (Å²) in [6, 6.07) is 7.56. The van der Waals surface area contributed by atoms with Crippen LogP contribution in [-0.2, 0) is 7.05 Å². The van der Waals surface area contributed by atoms with Crippen LogP contribution in [0.3, 0.4) is 0 Å². The monoisotopic (exact) mass is 296 g/mol. The lowest BCUT2D eigenvalue weighted by molar-refractivity contribution is 0.102. The molecule has 19 heavy (non-hydrogen) atoms. The number of carbonyl (C=O) groups is 1. The van der Waals surface area contributed by atoms with Crippen LogP contribution in [0.15, 0.2) is 41.3 Å². The van der Waals surface area contributed by atoms with Gasteiger partial charge in [0.2, 0.25) is 0 Å². The Morgan fingerprint density at radius 2 is 1.95 bits per heavy atom. The molecule has 1 amide bonds. The van der Waals surface area contributed by atoms with E-state index in [0.717, 1.165) is 0 Å². The molecule has 0 fully saturated rings. The average Bonchev–Trinajstić information content (AvgIpc) is 2.37. The van der Waals surface area contributed by atoms with Crippen molar-refractivity contribution in [2.45, 2.75) is 0 Å². The zero-order valence-corrected chi connectivity index (χ0v) is 11.5. The van der Waals surface area contributed by atoms with E-state index < -0.39 is 5.91 Å². The van der Waals surface area contributed by atoms with Crippen molar-refractivity contribution in [3.05, 3.63) is 62.5 Å². The van der Waals surface area contributed by atoms with E-state index in [0.29, 0.717) is 15.7 Å². The second kappa shape index (κ2) is 5.47. The molecule has 1 N–H and O–H groups in total. The minimum atomic E-state index is -0.415. The van der Waals surface area contributed by atoms with E-state index in [4.69, 9.17) is 23.2 Å². The molecule has 0 saturated heterocycles. The molecule has 1 aromatic carbocycles. The van der Waals surface area contributed by atoms with Crippen molar-refractivity contribution in [1.29, 1.82) is 0 Å². The molecule has 0 unspecified atom stereocenters. The normalized spacial score (nSPS) is 10.3. The maximum atomic E-state index is 12.0. The molecule has 0 saturated carbocycles. The number of amides is 1. The standard InChI is InChI=1S/C13H10Cl2N2O2/c1-17-5-4-8(6-12(17)18)13(19)16-11-7-9(14)2-3-10(11)15/h2-7H,1H3,(H,16,19). The number of hydrogen-bond donors (Lipinski definition) is 1. The fourth-order valence-electron chi connectivity index (χ4n) is 1.48. The number of carbonyl (C=O) groups excluding carboxylic acids is 1. The fourth-order valence-corrected chi connectivity index (χ4v) is 1.81. The Hall–Kier alpha value is -1.78. The van der Waals surface area contributed by atoms with Gasteiger partial charge in [-0.2, -0.15) is 0 Å². The number of rotatable bonds is 2. The van der Waals surface area contributed by atoms with Crippen molar-refractivity contribution in [1.82, 2.24) is 4.57 Å². The van der Waals surface area contributed by atoms with Crippen LogP contribution in [0.5, 0.6) is 0 Å². The van der Waals surface area contributed by atoms with Crippen LogP contribution in [-0.4, -0.2) is 10.5 Å². The number of benzene rings is 1. The molecule has 0 atom stereocenters. The maximum absolute atomic E-state index is 12.0. The molecule has 0 aliphatic rings. The van der Waals surface area contributed by atoms with Crippen LogP contribution in [0, 0.1) is 0 Å². The van der Waals surface area contributed by atoms with E-state index in [1.165, 1.54) is 16.8 Å². The van der Waals surface area contributed by atoms with Crippen LogP contribution >= 0.6 is 23.2 Å². The smallest absolute Gasteiger partial charge is 0.255 e. The number of aryl methyl sites for hydroxylation is 1. The van der Waals surface area contributed by atoms with Gasteiger partial charge in [0.05, 0.1) is 10.7 Å². The first-order valence-corrected chi connectivity index (χ1v) is 6.16. The van der Waals surface area contributed by atoms with Crippen molar-refractivity contribution in [3.63, 3.8) is 0 Å². The van der Waals surface area contributed by atoms with Gasteiger partial charge in [0, 0.05) is 29.9 Å². The predicted octanol–water partition coefficient (Wildman–Crippen LogP) is 2.94. The van der Waals surface area contributed by atoms with Gasteiger partial charge in [-0.1, -0.05) is 23.2 Å². The van der Waals surface area contributed by atoms with E-state index in [9.17, 15) is 9.59 Å². The molecular weight excluding hydrogens is 287 g/mol. The Morgan fingerprint density at radius 3 is 2.63 bits per heavy atom. The molecule has 0 bridgehead atoms. The molecule has 0 radical (unpaired) electrons. The highest BCUT2D eigenvalue weighted by Crippen LogP contribution is 2.25. The van der Waals surface area contributed by atoms with Crippen molar-refractivity contribution >= 4 is 34.8 Å². The zero-order valence-electron chi connectivity index (χ0n) is 9.98. The summed E-state index contributed by atoms with van der Waals surface area (Å²) in [4.78, 5) is 23.4. The van der Waals surface area contributed by atoms with Crippen LogP contribution < -0.4 is 10.9 Å². The first kappa shape index (κ1) is 13.6. The summed E-state index contributed by atoms with van der Waals surface area (Å²) >= 11 is 11.8. The number of nitrogens with zero attached hydrogens (tertiary/aromatic N) is 1. The lowest BCUT2D eigenvalue weighted by atomic mass is 10.2. The van der Waals surface area contributed by atoms with E-state index in [-0.39, 0.29) is 11.1 Å². The van der Waals surface area contributed by atoms with E-state index in [1.807, 2.05) is 0 Å². The second-order valence-corrected chi connectivity index (χ2v) is 4.79. The van der Waals surface area contributed by atoms with E-state index in [1.54, 1.807) is 31.3 Å². The summed E-state index contributed by atoms with van der Waals surface area (Å²) in [5.74, 6) is -0.415. The average molecular weight is 297 g/mol. The Morgan fingerprint density at radius 1 is 1.21 bits per heavy atom. The fraction of sp³-hybridized carbons (Fsp3) is 0.0769. The van der Waals surface area contributed by atoms with Crippen molar-refractivity contribution in [2.24, 2.45) is 7.05 Å².